The molecular formula is C6H12N2O2. The van der Waals surface area contributed by atoms with Crippen molar-refractivity contribution in [2.45, 2.75) is 0 Å². The molecule has 0 amide bonds. The van der Waals surface area contributed by atoms with E-state index >= 15 is 0 Å². The van der Waals surface area contributed by atoms with Crippen LogP contribution < -0.4 is 10.6 Å². The molecule has 0 heterocycles. The van der Waals surface area contributed by atoms with Crippen molar-refractivity contribution in [3.8, 4) is 0 Å². The summed E-state index contributed by atoms with van der Waals surface area (Å²) < 4.78 is 0. The van der Waals surface area contributed by atoms with Gasteiger partial charge in [0, 0.05) is 13.6 Å². The Kier molecular flexibility index (Phi) is 4.32. The molecule has 0 aromatic heterocycles. The van der Waals surface area contributed by atoms with Gasteiger partial charge in [-0.2, -0.15) is 0 Å². The first-order valence-corrected chi connectivity index (χ1v) is 2.98. The van der Waals surface area contributed by atoms with Gasteiger partial charge in [-0.1, -0.05) is 0 Å². The highest BCUT2D eigenvalue weighted by atomic mass is 16.4. The molecule has 0 unspecified atom stereocenters. The quantitative estimate of drug-likeness (QED) is 0.461. The smallest absolute Gasteiger partial charge is 0.351 e. The Balaban J connectivity index is 3.91. The molecular weight excluding hydrogens is 132 g/mol. The van der Waals surface area contributed by atoms with E-state index in [9.17, 15) is 4.79 Å². The second-order valence-electron chi connectivity index (χ2n) is 1.73. The first-order chi connectivity index (χ1) is 4.72. The third kappa shape index (κ3) is 3.09. The van der Waals surface area contributed by atoms with E-state index in [1.54, 1.807) is 20.2 Å². The zero-order chi connectivity index (χ0) is 7.98. The molecule has 0 bridgehead atoms. The highest BCUT2D eigenvalue weighted by Gasteiger charge is 2.00. The molecule has 0 saturated heterocycles. The van der Waals surface area contributed by atoms with Crippen LogP contribution in [-0.4, -0.2) is 31.7 Å². The second kappa shape index (κ2) is 4.81. The number of carboxylic acid groups (broad SMARTS) is 1. The Hall–Kier alpha value is -1.03. The third-order valence-corrected chi connectivity index (χ3v) is 1.01. The van der Waals surface area contributed by atoms with E-state index in [2.05, 4.69) is 10.6 Å². The highest BCUT2D eigenvalue weighted by molar-refractivity contribution is 5.85. The first-order valence-electron chi connectivity index (χ1n) is 2.98. The molecule has 0 aromatic carbocycles. The monoisotopic (exact) mass is 144 g/mol. The van der Waals surface area contributed by atoms with Crippen molar-refractivity contribution in [2.75, 3.05) is 20.6 Å². The zero-order valence-corrected chi connectivity index (χ0v) is 6.14. The molecule has 0 aliphatic rings. The number of hydrogen-bond acceptors (Lipinski definition) is 3. The number of carboxylic acids is 1. The maximum atomic E-state index is 10.3. The van der Waals surface area contributed by atoms with Gasteiger partial charge in [0.1, 0.15) is 5.70 Å². The Morgan fingerprint density at radius 1 is 1.60 bits per heavy atom. The fraction of sp³-hybridized carbons (Fsp3) is 0.500. The Bertz CT molecular complexity index is 143. The molecule has 4 nitrogen and oxygen atoms in total. The second-order valence-corrected chi connectivity index (χ2v) is 1.73. The fourth-order valence-electron chi connectivity index (χ4n) is 0.500. The molecule has 0 aliphatic heterocycles. The van der Waals surface area contributed by atoms with Crippen molar-refractivity contribution in [3.63, 3.8) is 0 Å². The average Bonchev–Trinajstić information content (AvgIpc) is 1.89. The van der Waals surface area contributed by atoms with Crippen LogP contribution in [0.25, 0.3) is 0 Å². The number of nitrogens with one attached hydrogen (secondary N) is 2. The van der Waals surface area contributed by atoms with Crippen LogP contribution in [0.4, 0.5) is 0 Å². The molecule has 0 rings (SSSR count). The van der Waals surface area contributed by atoms with Gasteiger partial charge in [0.15, 0.2) is 0 Å². The molecule has 0 saturated carbocycles. The predicted octanol–water partition coefficient (Wildman–Crippen LogP) is -0.606. The molecule has 4 heteroatoms. The molecule has 0 fully saturated rings. The van der Waals surface area contributed by atoms with Crippen molar-refractivity contribution < 1.29 is 9.90 Å². The van der Waals surface area contributed by atoms with Crippen LogP contribution in [0.1, 0.15) is 0 Å². The maximum absolute atomic E-state index is 10.3. The van der Waals surface area contributed by atoms with Crippen LogP contribution in [0.5, 0.6) is 0 Å². The number of hydrogen-bond donors (Lipinski definition) is 3. The molecule has 3 N–H and O–H groups in total. The van der Waals surface area contributed by atoms with E-state index < -0.39 is 5.97 Å². The summed E-state index contributed by atoms with van der Waals surface area (Å²) in [6, 6.07) is 0. The minimum absolute atomic E-state index is 0.217. The van der Waals surface area contributed by atoms with Gasteiger partial charge >= 0.3 is 5.97 Å². The summed E-state index contributed by atoms with van der Waals surface area (Å²) in [5, 5.41) is 13.8. The molecule has 0 spiro atoms. The van der Waals surface area contributed by atoms with Crippen LogP contribution in [0.15, 0.2) is 11.8 Å². The number of aliphatic carboxylic acids is 1. The number of likely N-dealkylation sites (N-methyl/N-ethyl adjacent to an activating group) is 2. The summed E-state index contributed by atoms with van der Waals surface area (Å²) in [6.45, 7) is 0.558. The van der Waals surface area contributed by atoms with E-state index in [4.69, 9.17) is 5.11 Å². The number of rotatable bonds is 4. The van der Waals surface area contributed by atoms with E-state index in [0.717, 1.165) is 0 Å². The SMILES string of the molecule is CNCC=C(NC)C(=O)O. The predicted molar refractivity (Wildman–Crippen MR) is 38.7 cm³/mol. The minimum Gasteiger partial charge on any atom is -0.477 e. The zero-order valence-electron chi connectivity index (χ0n) is 6.14. The van der Waals surface area contributed by atoms with E-state index in [1.807, 2.05) is 0 Å². The molecule has 0 aliphatic carbocycles. The summed E-state index contributed by atoms with van der Waals surface area (Å²) in [5.74, 6) is -0.933. The Morgan fingerprint density at radius 3 is 2.50 bits per heavy atom. The van der Waals surface area contributed by atoms with Crippen LogP contribution >= 0.6 is 0 Å². The topological polar surface area (TPSA) is 61.4 Å². The summed E-state index contributed by atoms with van der Waals surface area (Å²) in [5.41, 5.74) is 0.217. The van der Waals surface area contributed by atoms with Gasteiger partial charge in [0.2, 0.25) is 0 Å². The van der Waals surface area contributed by atoms with Gasteiger partial charge in [-0.05, 0) is 13.1 Å². The summed E-state index contributed by atoms with van der Waals surface area (Å²) >= 11 is 0. The highest BCUT2D eigenvalue weighted by Crippen LogP contribution is 1.84. The maximum Gasteiger partial charge on any atom is 0.351 e. The van der Waals surface area contributed by atoms with Crippen LogP contribution in [0, 0.1) is 0 Å². The van der Waals surface area contributed by atoms with Crippen molar-refractivity contribution in [3.05, 3.63) is 11.8 Å². The van der Waals surface area contributed by atoms with E-state index in [-0.39, 0.29) is 5.70 Å². The van der Waals surface area contributed by atoms with Gasteiger partial charge in [0.25, 0.3) is 0 Å². The van der Waals surface area contributed by atoms with Crippen molar-refractivity contribution >= 4 is 5.97 Å². The summed E-state index contributed by atoms with van der Waals surface area (Å²) in [4.78, 5) is 10.3. The Morgan fingerprint density at radius 2 is 2.20 bits per heavy atom. The van der Waals surface area contributed by atoms with Gasteiger partial charge in [0.05, 0.1) is 0 Å². The molecule has 0 aromatic rings. The van der Waals surface area contributed by atoms with Crippen LogP contribution in [0.3, 0.4) is 0 Å². The Labute approximate surface area is 59.9 Å². The minimum atomic E-state index is -0.933. The van der Waals surface area contributed by atoms with Gasteiger partial charge in [-0.25, -0.2) is 4.79 Å². The van der Waals surface area contributed by atoms with E-state index in [1.165, 1.54) is 0 Å². The largest absolute Gasteiger partial charge is 0.477 e. The lowest BCUT2D eigenvalue weighted by molar-refractivity contribution is -0.133. The van der Waals surface area contributed by atoms with Gasteiger partial charge < -0.3 is 15.7 Å². The lowest BCUT2D eigenvalue weighted by Gasteiger charge is -1.98. The molecule has 0 radical (unpaired) electrons. The van der Waals surface area contributed by atoms with Crippen molar-refractivity contribution in [1.82, 2.24) is 10.6 Å². The molecule has 10 heavy (non-hydrogen) atoms. The van der Waals surface area contributed by atoms with Crippen molar-refractivity contribution in [1.29, 1.82) is 0 Å². The molecule has 0 atom stereocenters. The normalized spacial score (nSPS) is 11.2. The lowest BCUT2D eigenvalue weighted by atomic mass is 10.4. The fourth-order valence-corrected chi connectivity index (χ4v) is 0.500. The summed E-state index contributed by atoms with van der Waals surface area (Å²) in [6.07, 6.45) is 1.57. The lowest BCUT2D eigenvalue weighted by Crippen LogP contribution is -2.18. The van der Waals surface area contributed by atoms with Crippen LogP contribution in [-0.2, 0) is 4.79 Å². The third-order valence-electron chi connectivity index (χ3n) is 1.01. The summed E-state index contributed by atoms with van der Waals surface area (Å²) in [7, 11) is 3.33. The average molecular weight is 144 g/mol. The van der Waals surface area contributed by atoms with E-state index in [0.29, 0.717) is 6.54 Å². The number of carbonyl (C=O) groups is 1. The van der Waals surface area contributed by atoms with Crippen LogP contribution in [0.2, 0.25) is 0 Å². The van der Waals surface area contributed by atoms with Gasteiger partial charge in [-0.15, -0.1) is 0 Å². The molecule has 58 valence electrons. The van der Waals surface area contributed by atoms with Crippen molar-refractivity contribution in [2.24, 2.45) is 0 Å². The standard InChI is InChI=1S/C6H12N2O2/c1-7-4-3-5(8-2)6(9)10/h3,7-8H,4H2,1-2H3,(H,9,10). The van der Waals surface area contributed by atoms with Gasteiger partial charge in [-0.3, -0.25) is 0 Å². The first kappa shape index (κ1) is 8.97.